The Balaban J connectivity index is 2.50. The largest absolute Gasteiger partial charge is 0.356 e. The molecule has 0 saturated carbocycles. The van der Waals surface area contributed by atoms with Crippen molar-refractivity contribution in [3.8, 4) is 5.69 Å². The van der Waals surface area contributed by atoms with Crippen molar-refractivity contribution in [2.24, 2.45) is 0 Å². The number of benzene rings is 1. The van der Waals surface area contributed by atoms with E-state index in [1.165, 1.54) is 6.92 Å². The van der Waals surface area contributed by atoms with Crippen molar-refractivity contribution in [2.75, 3.05) is 11.1 Å². The molecule has 0 aliphatic carbocycles. The minimum absolute atomic E-state index is 0.171. The van der Waals surface area contributed by atoms with Gasteiger partial charge in [0.15, 0.2) is 0 Å². The van der Waals surface area contributed by atoms with Crippen LogP contribution in [-0.4, -0.2) is 15.7 Å². The van der Waals surface area contributed by atoms with Gasteiger partial charge < -0.3 is 5.73 Å². The van der Waals surface area contributed by atoms with Crippen LogP contribution in [0.25, 0.3) is 5.69 Å². The zero-order chi connectivity index (χ0) is 13.1. The number of amides is 1. The van der Waals surface area contributed by atoms with Crippen LogP contribution in [0.5, 0.6) is 0 Å². The second-order valence-electron chi connectivity index (χ2n) is 3.85. The summed E-state index contributed by atoms with van der Waals surface area (Å²) < 4.78 is 3.35. The highest BCUT2D eigenvalue weighted by molar-refractivity contribution is 5.86. The van der Waals surface area contributed by atoms with E-state index in [1.807, 2.05) is 37.3 Å². The Morgan fingerprint density at radius 1 is 1.44 bits per heavy atom. The number of nitrogen functional groups attached to an aromatic ring is 1. The molecule has 1 amide bonds. The van der Waals surface area contributed by atoms with Crippen molar-refractivity contribution in [1.29, 1.82) is 0 Å². The highest BCUT2D eigenvalue weighted by Crippen LogP contribution is 2.11. The van der Waals surface area contributed by atoms with E-state index in [1.54, 1.807) is 9.25 Å². The van der Waals surface area contributed by atoms with Crippen molar-refractivity contribution >= 4 is 17.8 Å². The first kappa shape index (κ1) is 12.1. The number of nitrogens with two attached hydrogens (primary N) is 1. The topological polar surface area (TPSA) is 76.8 Å². The van der Waals surface area contributed by atoms with Crippen LogP contribution < -0.4 is 15.6 Å². The minimum atomic E-state index is -0.171. The van der Waals surface area contributed by atoms with Crippen LogP contribution in [0, 0.1) is 0 Å². The SMILES string of the molecule is CC[n+]1c(NC(C)=O)nn(-c2ccccc2)c1N. The highest BCUT2D eigenvalue weighted by Gasteiger charge is 2.22. The quantitative estimate of drug-likeness (QED) is 0.783. The number of hydrogen-bond acceptors (Lipinski definition) is 3. The third-order valence-electron chi connectivity index (χ3n) is 2.55. The molecule has 6 nitrogen and oxygen atoms in total. The predicted octanol–water partition coefficient (Wildman–Crippen LogP) is 0.720. The van der Waals surface area contributed by atoms with Crippen molar-refractivity contribution in [1.82, 2.24) is 9.78 Å². The van der Waals surface area contributed by atoms with Crippen LogP contribution in [0.4, 0.5) is 11.9 Å². The number of nitrogens with one attached hydrogen (secondary N) is 1. The molecule has 0 aliphatic heterocycles. The lowest BCUT2D eigenvalue weighted by molar-refractivity contribution is -0.665. The molecule has 6 heteroatoms. The molecule has 0 atom stereocenters. The van der Waals surface area contributed by atoms with Gasteiger partial charge in [0.25, 0.3) is 5.91 Å². The summed E-state index contributed by atoms with van der Waals surface area (Å²) >= 11 is 0. The molecule has 2 aromatic rings. The van der Waals surface area contributed by atoms with Gasteiger partial charge in [-0.05, 0) is 19.1 Å². The third kappa shape index (κ3) is 2.17. The molecule has 0 bridgehead atoms. The number of carbonyl (C=O) groups is 1. The number of rotatable bonds is 3. The van der Waals surface area contributed by atoms with Crippen molar-refractivity contribution < 1.29 is 9.36 Å². The molecule has 94 valence electrons. The van der Waals surface area contributed by atoms with E-state index in [0.717, 1.165) is 5.69 Å². The summed E-state index contributed by atoms with van der Waals surface area (Å²) in [5, 5.41) is 6.98. The number of aromatic nitrogens is 3. The van der Waals surface area contributed by atoms with E-state index in [-0.39, 0.29) is 5.91 Å². The summed E-state index contributed by atoms with van der Waals surface area (Å²) in [6.07, 6.45) is 0. The molecule has 3 N–H and O–H groups in total. The highest BCUT2D eigenvalue weighted by atomic mass is 16.1. The van der Waals surface area contributed by atoms with Gasteiger partial charge >= 0.3 is 11.9 Å². The lowest BCUT2D eigenvalue weighted by Gasteiger charge is -1.98. The lowest BCUT2D eigenvalue weighted by Crippen LogP contribution is -2.38. The molecule has 18 heavy (non-hydrogen) atoms. The van der Waals surface area contributed by atoms with Gasteiger partial charge in [0, 0.05) is 12.0 Å². The van der Waals surface area contributed by atoms with Crippen molar-refractivity contribution in [3.63, 3.8) is 0 Å². The fourth-order valence-electron chi connectivity index (χ4n) is 1.74. The van der Waals surface area contributed by atoms with Gasteiger partial charge in [0.05, 0.1) is 6.54 Å². The number of anilines is 2. The third-order valence-corrected chi connectivity index (χ3v) is 2.55. The molecule has 0 radical (unpaired) electrons. The van der Waals surface area contributed by atoms with Crippen LogP contribution in [0.3, 0.4) is 0 Å². The smallest absolute Gasteiger partial charge is 0.320 e. The Hall–Kier alpha value is -2.37. The molecule has 0 aliphatic rings. The Morgan fingerprint density at radius 3 is 2.67 bits per heavy atom. The maximum atomic E-state index is 11.1. The van der Waals surface area contributed by atoms with Crippen LogP contribution in [0.2, 0.25) is 0 Å². The number of para-hydroxylation sites is 1. The number of nitrogens with zero attached hydrogens (tertiary/aromatic N) is 3. The Labute approximate surface area is 105 Å². The molecule has 0 unspecified atom stereocenters. The predicted molar refractivity (Wildman–Crippen MR) is 68.1 cm³/mol. The van der Waals surface area contributed by atoms with E-state index < -0.39 is 0 Å². The summed E-state index contributed by atoms with van der Waals surface area (Å²) in [5.74, 6) is 0.758. The van der Waals surface area contributed by atoms with Crippen LogP contribution in [-0.2, 0) is 11.3 Å². The van der Waals surface area contributed by atoms with Crippen LogP contribution >= 0.6 is 0 Å². The Kier molecular flexibility index (Phi) is 3.27. The average molecular weight is 246 g/mol. The van der Waals surface area contributed by atoms with Gasteiger partial charge in [-0.2, -0.15) is 0 Å². The lowest BCUT2D eigenvalue weighted by atomic mass is 10.3. The normalized spacial score (nSPS) is 10.3. The van der Waals surface area contributed by atoms with E-state index in [0.29, 0.717) is 18.4 Å². The molecule has 1 heterocycles. The zero-order valence-corrected chi connectivity index (χ0v) is 10.4. The first-order valence-electron chi connectivity index (χ1n) is 5.74. The van der Waals surface area contributed by atoms with Gasteiger partial charge in [-0.15, -0.1) is 4.68 Å². The fraction of sp³-hybridized carbons (Fsp3) is 0.250. The molecule has 1 aromatic carbocycles. The monoisotopic (exact) mass is 246 g/mol. The summed E-state index contributed by atoms with van der Waals surface area (Å²) in [4.78, 5) is 11.1. The van der Waals surface area contributed by atoms with Gasteiger partial charge in [-0.25, -0.2) is 9.88 Å². The molecule has 0 saturated heterocycles. The van der Waals surface area contributed by atoms with E-state index in [2.05, 4.69) is 10.4 Å². The van der Waals surface area contributed by atoms with Gasteiger partial charge in [0.2, 0.25) is 0 Å². The second-order valence-corrected chi connectivity index (χ2v) is 3.85. The first-order chi connectivity index (χ1) is 8.63. The van der Waals surface area contributed by atoms with Crippen molar-refractivity contribution in [3.05, 3.63) is 30.3 Å². The van der Waals surface area contributed by atoms with Gasteiger partial charge in [0.1, 0.15) is 5.69 Å². The fourth-order valence-corrected chi connectivity index (χ4v) is 1.74. The zero-order valence-electron chi connectivity index (χ0n) is 10.4. The summed E-state index contributed by atoms with van der Waals surface area (Å²) in [5.41, 5.74) is 6.89. The first-order valence-corrected chi connectivity index (χ1v) is 5.74. The van der Waals surface area contributed by atoms with Gasteiger partial charge in [-0.1, -0.05) is 18.2 Å². The number of hydrogen-bond donors (Lipinski definition) is 2. The minimum Gasteiger partial charge on any atom is -0.320 e. The summed E-state index contributed by atoms with van der Waals surface area (Å²) in [6.45, 7) is 4.02. The molecule has 0 spiro atoms. The van der Waals surface area contributed by atoms with Crippen LogP contribution in [0.1, 0.15) is 13.8 Å². The Morgan fingerprint density at radius 2 is 2.11 bits per heavy atom. The van der Waals surface area contributed by atoms with Gasteiger partial charge in [-0.3, -0.25) is 4.79 Å². The molecule has 2 rings (SSSR count). The van der Waals surface area contributed by atoms with Crippen molar-refractivity contribution in [2.45, 2.75) is 20.4 Å². The van der Waals surface area contributed by atoms with E-state index in [9.17, 15) is 4.79 Å². The maximum Gasteiger partial charge on any atom is 0.356 e. The molecule has 1 aromatic heterocycles. The van der Waals surface area contributed by atoms with Crippen LogP contribution in [0.15, 0.2) is 30.3 Å². The number of carbonyl (C=O) groups excluding carboxylic acids is 1. The molecule has 0 fully saturated rings. The summed E-state index contributed by atoms with van der Waals surface area (Å²) in [7, 11) is 0. The summed E-state index contributed by atoms with van der Waals surface area (Å²) in [6, 6.07) is 9.54. The van der Waals surface area contributed by atoms with E-state index in [4.69, 9.17) is 5.73 Å². The van der Waals surface area contributed by atoms with E-state index >= 15 is 0 Å². The molecular formula is C12H16N5O+. The average Bonchev–Trinajstić information content (AvgIpc) is 2.66. The maximum absolute atomic E-state index is 11.1. The molecular weight excluding hydrogens is 230 g/mol. The second kappa shape index (κ2) is 4.87. The Bertz CT molecular complexity index is 561. The standard InChI is InChI=1S/C12H15N5O/c1-3-16-11(13)17(10-7-5-4-6-8-10)15-12(16)14-9(2)18/h4-8,13H,3H2,1-2H3,(H,14,15,18)/p+1.